The third-order valence-electron chi connectivity index (χ3n) is 4.84. The van der Waals surface area contributed by atoms with Gasteiger partial charge in [-0.3, -0.25) is 14.2 Å². The first kappa shape index (κ1) is 17.4. The summed E-state index contributed by atoms with van der Waals surface area (Å²) in [4.78, 5) is 30.2. The van der Waals surface area contributed by atoms with Crippen LogP contribution < -0.4 is 5.56 Å². The van der Waals surface area contributed by atoms with E-state index >= 15 is 0 Å². The summed E-state index contributed by atoms with van der Waals surface area (Å²) in [6.07, 6.45) is 0.835. The number of aromatic nitrogens is 2. The molecule has 0 N–H and O–H groups in total. The lowest BCUT2D eigenvalue weighted by atomic mass is 10.1. The lowest BCUT2D eigenvalue weighted by Crippen LogP contribution is -2.26. The summed E-state index contributed by atoms with van der Waals surface area (Å²) in [5.74, 6) is 0.324. The Labute approximate surface area is 159 Å². The molecule has 3 aromatic rings. The maximum absolute atomic E-state index is 13.1. The predicted molar refractivity (Wildman–Crippen MR) is 102 cm³/mol. The van der Waals surface area contributed by atoms with E-state index < -0.39 is 0 Å². The standard InChI is InChI=1S/C20H17N3O3S/c1-12-9-14(12)20(25)26-10-16-22-18-17(19(24)23(16)8-7-21)15(11-27-18)13-5-3-2-4-6-13/h2-6,11-12,14H,8-10H2,1H3/t12-,14-/m0/s1. The molecule has 0 amide bonds. The number of nitrogens with zero attached hydrogens (tertiary/aromatic N) is 3. The van der Waals surface area contributed by atoms with Gasteiger partial charge in [0.2, 0.25) is 0 Å². The highest BCUT2D eigenvalue weighted by molar-refractivity contribution is 7.17. The van der Waals surface area contributed by atoms with Crippen LogP contribution in [0.5, 0.6) is 0 Å². The Bertz CT molecular complexity index is 1110. The summed E-state index contributed by atoms with van der Waals surface area (Å²) in [5.41, 5.74) is 1.44. The van der Waals surface area contributed by atoms with Crippen LogP contribution in [0.1, 0.15) is 19.2 Å². The molecule has 2 aromatic heterocycles. The Morgan fingerprint density at radius 3 is 2.81 bits per heavy atom. The van der Waals surface area contributed by atoms with Crippen LogP contribution in [0, 0.1) is 23.2 Å². The number of nitriles is 1. The van der Waals surface area contributed by atoms with Crippen LogP contribution in [0.3, 0.4) is 0 Å². The first-order valence-corrected chi connectivity index (χ1v) is 9.58. The van der Waals surface area contributed by atoms with Crippen molar-refractivity contribution >= 4 is 27.5 Å². The number of rotatable bonds is 5. The summed E-state index contributed by atoms with van der Waals surface area (Å²) >= 11 is 1.37. The topological polar surface area (TPSA) is 85.0 Å². The number of fused-ring (bicyclic) bond motifs is 1. The van der Waals surface area contributed by atoms with Gasteiger partial charge in [-0.1, -0.05) is 37.3 Å². The van der Waals surface area contributed by atoms with E-state index in [-0.39, 0.29) is 30.6 Å². The molecule has 27 heavy (non-hydrogen) atoms. The molecule has 1 fully saturated rings. The summed E-state index contributed by atoms with van der Waals surface area (Å²) in [5, 5.41) is 11.5. The van der Waals surface area contributed by atoms with Gasteiger partial charge in [-0.25, -0.2) is 4.98 Å². The van der Waals surface area contributed by atoms with E-state index in [4.69, 9.17) is 10.00 Å². The Morgan fingerprint density at radius 2 is 2.15 bits per heavy atom. The fraction of sp³-hybridized carbons (Fsp3) is 0.300. The quantitative estimate of drug-likeness (QED) is 0.635. The minimum absolute atomic E-state index is 0.0590. The molecule has 0 aliphatic heterocycles. The van der Waals surface area contributed by atoms with Crippen molar-refractivity contribution in [2.45, 2.75) is 26.5 Å². The van der Waals surface area contributed by atoms with Crippen molar-refractivity contribution in [2.24, 2.45) is 11.8 Å². The lowest BCUT2D eigenvalue weighted by molar-refractivity contribution is -0.147. The molecule has 1 saturated carbocycles. The van der Waals surface area contributed by atoms with E-state index in [0.717, 1.165) is 17.5 Å². The molecule has 2 heterocycles. The van der Waals surface area contributed by atoms with Crippen LogP contribution in [0.2, 0.25) is 0 Å². The molecule has 0 radical (unpaired) electrons. The third-order valence-corrected chi connectivity index (χ3v) is 5.71. The third kappa shape index (κ3) is 3.24. The van der Waals surface area contributed by atoms with Crippen LogP contribution in [-0.4, -0.2) is 15.5 Å². The maximum atomic E-state index is 13.1. The monoisotopic (exact) mass is 379 g/mol. The molecule has 1 aliphatic rings. The molecule has 6 nitrogen and oxygen atoms in total. The van der Waals surface area contributed by atoms with E-state index in [1.165, 1.54) is 15.9 Å². The van der Waals surface area contributed by atoms with Gasteiger partial charge >= 0.3 is 5.97 Å². The van der Waals surface area contributed by atoms with Crippen LogP contribution in [0.4, 0.5) is 0 Å². The zero-order chi connectivity index (χ0) is 19.0. The number of hydrogen-bond acceptors (Lipinski definition) is 6. The second-order valence-corrected chi connectivity index (χ2v) is 7.56. The van der Waals surface area contributed by atoms with E-state index in [2.05, 4.69) is 4.98 Å². The van der Waals surface area contributed by atoms with Crippen molar-refractivity contribution < 1.29 is 9.53 Å². The lowest BCUT2D eigenvalue weighted by Gasteiger charge is -2.10. The van der Waals surface area contributed by atoms with Gasteiger partial charge in [-0.05, 0) is 17.9 Å². The molecule has 0 spiro atoms. The first-order valence-electron chi connectivity index (χ1n) is 8.70. The molecule has 0 saturated heterocycles. The Kier molecular flexibility index (Phi) is 4.50. The zero-order valence-electron chi connectivity index (χ0n) is 14.7. The second kappa shape index (κ2) is 6.97. The molecule has 1 aliphatic carbocycles. The van der Waals surface area contributed by atoms with Crippen molar-refractivity contribution in [1.29, 1.82) is 5.26 Å². The van der Waals surface area contributed by atoms with Crippen molar-refractivity contribution in [3.63, 3.8) is 0 Å². The normalized spacial score (nSPS) is 18.2. The van der Waals surface area contributed by atoms with Gasteiger partial charge in [-0.15, -0.1) is 11.3 Å². The Morgan fingerprint density at radius 1 is 1.41 bits per heavy atom. The van der Waals surface area contributed by atoms with Crippen LogP contribution in [0.25, 0.3) is 21.3 Å². The molecular formula is C20H17N3O3S. The Hall–Kier alpha value is -2.98. The first-order chi connectivity index (χ1) is 13.1. The largest absolute Gasteiger partial charge is 0.457 e. The van der Waals surface area contributed by atoms with Crippen LogP contribution >= 0.6 is 11.3 Å². The van der Waals surface area contributed by atoms with Crippen molar-refractivity contribution in [3.8, 4) is 17.2 Å². The number of benzene rings is 1. The fourth-order valence-electron chi connectivity index (χ4n) is 3.13. The van der Waals surface area contributed by atoms with E-state index in [1.54, 1.807) is 0 Å². The maximum Gasteiger partial charge on any atom is 0.309 e. The second-order valence-electron chi connectivity index (χ2n) is 6.70. The van der Waals surface area contributed by atoms with Crippen molar-refractivity contribution in [2.75, 3.05) is 0 Å². The van der Waals surface area contributed by atoms with Crippen molar-refractivity contribution in [1.82, 2.24) is 9.55 Å². The number of thiophene rings is 1. The van der Waals surface area contributed by atoms with Gasteiger partial charge < -0.3 is 4.74 Å². The minimum Gasteiger partial charge on any atom is -0.457 e. The molecule has 0 unspecified atom stereocenters. The number of esters is 1. The predicted octanol–water partition coefficient (Wildman–Crippen LogP) is 3.35. The van der Waals surface area contributed by atoms with Crippen LogP contribution in [0.15, 0.2) is 40.5 Å². The van der Waals surface area contributed by atoms with Gasteiger partial charge in [0, 0.05) is 10.9 Å². The molecule has 7 heteroatoms. The number of hydrogen-bond donors (Lipinski definition) is 0. The summed E-state index contributed by atoms with van der Waals surface area (Å²) < 4.78 is 6.64. The van der Waals surface area contributed by atoms with Gasteiger partial charge in [-0.2, -0.15) is 5.26 Å². The molecule has 2 atom stereocenters. The molecular weight excluding hydrogens is 362 g/mol. The fourth-order valence-corrected chi connectivity index (χ4v) is 4.09. The Balaban J connectivity index is 1.74. The summed E-state index contributed by atoms with van der Waals surface area (Å²) in [6.45, 7) is 1.75. The van der Waals surface area contributed by atoms with E-state index in [1.807, 2.05) is 48.7 Å². The molecule has 136 valence electrons. The van der Waals surface area contributed by atoms with Gasteiger partial charge in [0.25, 0.3) is 5.56 Å². The minimum atomic E-state index is -0.285. The molecule has 0 bridgehead atoms. The van der Waals surface area contributed by atoms with Gasteiger partial charge in [0.1, 0.15) is 18.0 Å². The SMILES string of the molecule is C[C@H]1C[C@@H]1C(=O)OCc1nc2scc(-c3ccccc3)c2c(=O)n1CC#N. The van der Waals surface area contributed by atoms with Gasteiger partial charge in [0.15, 0.2) is 5.82 Å². The zero-order valence-corrected chi connectivity index (χ0v) is 15.5. The highest BCUT2D eigenvalue weighted by Crippen LogP contribution is 2.38. The molecule has 4 rings (SSSR count). The molecule has 1 aromatic carbocycles. The van der Waals surface area contributed by atoms with Gasteiger partial charge in [0.05, 0.1) is 17.4 Å². The highest BCUT2D eigenvalue weighted by atomic mass is 32.1. The number of carbonyl (C=O) groups excluding carboxylic acids is 1. The smallest absolute Gasteiger partial charge is 0.309 e. The number of carbonyl (C=O) groups is 1. The average molecular weight is 379 g/mol. The van der Waals surface area contributed by atoms with E-state index in [9.17, 15) is 9.59 Å². The highest BCUT2D eigenvalue weighted by Gasteiger charge is 2.40. The van der Waals surface area contributed by atoms with E-state index in [0.29, 0.717) is 22.0 Å². The van der Waals surface area contributed by atoms with Crippen LogP contribution in [-0.2, 0) is 22.7 Å². The van der Waals surface area contributed by atoms with Crippen molar-refractivity contribution in [3.05, 3.63) is 51.9 Å². The summed E-state index contributed by atoms with van der Waals surface area (Å²) in [7, 11) is 0. The summed E-state index contributed by atoms with van der Waals surface area (Å²) in [6, 6.07) is 11.6. The average Bonchev–Trinajstić information content (AvgIpc) is 3.26. The number of ether oxygens (including phenoxy) is 1.